The number of fused-ring (bicyclic) bond motifs is 1. The number of likely N-dealkylation sites (N-methyl/N-ethyl adjacent to an activating group) is 1. The molecular weight excluding hydrogens is 433 g/mol. The Morgan fingerprint density at radius 3 is 2.68 bits per heavy atom. The molecule has 0 radical (unpaired) electrons. The predicted octanol–water partition coefficient (Wildman–Crippen LogP) is 4.23. The highest BCUT2D eigenvalue weighted by Gasteiger charge is 2.38. The number of amides is 1. The molecule has 0 N–H and O–H groups in total. The van der Waals surface area contributed by atoms with Crippen LogP contribution in [0.15, 0.2) is 67.1 Å². The molecule has 1 aliphatic heterocycles. The van der Waals surface area contributed by atoms with Gasteiger partial charge < -0.3 is 9.80 Å². The van der Waals surface area contributed by atoms with Crippen molar-refractivity contribution in [3.05, 3.63) is 78.5 Å². The van der Waals surface area contributed by atoms with Crippen LogP contribution in [0.3, 0.4) is 0 Å². The van der Waals surface area contributed by atoms with Crippen molar-refractivity contribution >= 4 is 23.1 Å². The lowest BCUT2D eigenvalue weighted by molar-refractivity contribution is -0.119. The molecule has 3 heterocycles. The smallest absolute Gasteiger partial charge is 0.250 e. The van der Waals surface area contributed by atoms with Crippen LogP contribution in [0.4, 0.5) is 21.6 Å². The van der Waals surface area contributed by atoms with Crippen LogP contribution < -0.4 is 9.80 Å². The lowest BCUT2D eigenvalue weighted by atomic mass is 10.1. The van der Waals surface area contributed by atoms with Gasteiger partial charge in [-0.2, -0.15) is 10.2 Å². The van der Waals surface area contributed by atoms with E-state index < -0.39 is 6.04 Å². The summed E-state index contributed by atoms with van der Waals surface area (Å²) in [5, 5.41) is 9.39. The highest BCUT2D eigenvalue weighted by molar-refractivity contribution is 6.06. The molecule has 0 spiro atoms. The molecule has 9 heteroatoms. The first-order chi connectivity index (χ1) is 16.5. The molecule has 8 nitrogen and oxygen atoms in total. The van der Waals surface area contributed by atoms with Crippen LogP contribution in [0.2, 0.25) is 0 Å². The van der Waals surface area contributed by atoms with Gasteiger partial charge in [-0.25, -0.2) is 14.4 Å². The number of benzene rings is 2. The number of imidazole rings is 1. The van der Waals surface area contributed by atoms with Crippen molar-refractivity contribution in [1.82, 2.24) is 19.5 Å². The second-order valence-corrected chi connectivity index (χ2v) is 7.86. The predicted molar refractivity (Wildman–Crippen MR) is 125 cm³/mol. The first-order valence-electron chi connectivity index (χ1n) is 10.8. The summed E-state index contributed by atoms with van der Waals surface area (Å²) < 4.78 is 15.1. The van der Waals surface area contributed by atoms with Gasteiger partial charge in [0.2, 0.25) is 11.9 Å². The SMILES string of the molecule is CC[C@H]1C(=O)N(C)c2cnc(-n3ccnc3-c3ccc(F)cc3)nc2N1c1cccc(C#N)c1. The number of anilines is 3. The molecule has 0 aliphatic carbocycles. The van der Waals surface area contributed by atoms with E-state index in [1.165, 1.54) is 12.1 Å². The molecule has 168 valence electrons. The maximum Gasteiger partial charge on any atom is 0.250 e. The van der Waals surface area contributed by atoms with Crippen molar-refractivity contribution in [1.29, 1.82) is 5.26 Å². The molecule has 34 heavy (non-hydrogen) atoms. The summed E-state index contributed by atoms with van der Waals surface area (Å²) in [7, 11) is 1.71. The van der Waals surface area contributed by atoms with E-state index in [9.17, 15) is 14.4 Å². The largest absolute Gasteiger partial charge is 0.312 e. The van der Waals surface area contributed by atoms with Crippen molar-refractivity contribution in [2.45, 2.75) is 19.4 Å². The number of aromatic nitrogens is 4. The van der Waals surface area contributed by atoms with Gasteiger partial charge in [-0.1, -0.05) is 13.0 Å². The Morgan fingerprint density at radius 2 is 1.94 bits per heavy atom. The van der Waals surface area contributed by atoms with E-state index in [1.807, 2.05) is 17.9 Å². The second-order valence-electron chi connectivity index (χ2n) is 7.86. The van der Waals surface area contributed by atoms with Gasteiger partial charge in [0.15, 0.2) is 5.82 Å². The minimum atomic E-state index is -0.492. The van der Waals surface area contributed by atoms with Gasteiger partial charge in [-0.15, -0.1) is 0 Å². The number of hydrogen-bond acceptors (Lipinski definition) is 6. The minimum Gasteiger partial charge on any atom is -0.312 e. The molecule has 2 aromatic carbocycles. The van der Waals surface area contributed by atoms with E-state index in [1.54, 1.807) is 65.4 Å². The van der Waals surface area contributed by atoms with Crippen molar-refractivity contribution in [3.8, 4) is 23.4 Å². The number of rotatable bonds is 4. The Balaban J connectivity index is 1.68. The standard InChI is InChI=1S/C25H20FN7O/c1-3-20-24(34)31(2)21-15-29-25(30-23(21)33(20)19-6-4-5-16(13-19)14-27)32-12-11-28-22(32)17-7-9-18(26)10-8-17/h4-13,15,20H,3H2,1-2H3/t20-/m0/s1. The zero-order chi connectivity index (χ0) is 23.8. The molecule has 0 bridgehead atoms. The Bertz CT molecular complexity index is 1420. The Morgan fingerprint density at radius 1 is 1.15 bits per heavy atom. The van der Waals surface area contributed by atoms with Crippen LogP contribution >= 0.6 is 0 Å². The molecule has 5 rings (SSSR count). The topological polar surface area (TPSA) is 90.9 Å². The quantitative estimate of drug-likeness (QED) is 0.459. The number of carbonyl (C=O) groups excluding carboxylic acids is 1. The van der Waals surface area contributed by atoms with Crippen LogP contribution in [-0.4, -0.2) is 38.5 Å². The lowest BCUT2D eigenvalue weighted by Gasteiger charge is -2.40. The van der Waals surface area contributed by atoms with Crippen molar-refractivity contribution in [2.75, 3.05) is 16.8 Å². The third-order valence-electron chi connectivity index (χ3n) is 5.85. The zero-order valence-electron chi connectivity index (χ0n) is 18.6. The number of nitrogens with zero attached hydrogens (tertiary/aromatic N) is 7. The van der Waals surface area contributed by atoms with E-state index in [0.29, 0.717) is 46.5 Å². The Kier molecular flexibility index (Phi) is 5.26. The van der Waals surface area contributed by atoms with Gasteiger partial charge in [-0.05, 0) is 48.9 Å². The fourth-order valence-corrected chi connectivity index (χ4v) is 4.15. The van der Waals surface area contributed by atoms with Gasteiger partial charge in [-0.3, -0.25) is 9.36 Å². The Hall–Kier alpha value is -4.58. The molecule has 1 atom stereocenters. The van der Waals surface area contributed by atoms with Crippen LogP contribution in [0.5, 0.6) is 0 Å². The van der Waals surface area contributed by atoms with Crippen LogP contribution in [0, 0.1) is 17.1 Å². The fourth-order valence-electron chi connectivity index (χ4n) is 4.15. The summed E-state index contributed by atoms with van der Waals surface area (Å²) in [5.41, 5.74) is 2.46. The minimum absolute atomic E-state index is 0.0802. The number of carbonyl (C=O) groups is 1. The molecule has 0 saturated heterocycles. The summed E-state index contributed by atoms with van der Waals surface area (Å²) in [6.07, 6.45) is 5.51. The molecule has 0 saturated carbocycles. The second kappa shape index (κ2) is 8.41. The summed E-state index contributed by atoms with van der Waals surface area (Å²) in [5.74, 6) is 1.05. The fraction of sp³-hybridized carbons (Fsp3) is 0.160. The van der Waals surface area contributed by atoms with Gasteiger partial charge in [0.1, 0.15) is 23.4 Å². The molecule has 0 unspecified atom stereocenters. The summed E-state index contributed by atoms with van der Waals surface area (Å²) >= 11 is 0. The molecular formula is C25H20FN7O. The summed E-state index contributed by atoms with van der Waals surface area (Å²) in [6, 6.07) is 14.8. The van der Waals surface area contributed by atoms with Crippen LogP contribution in [0.25, 0.3) is 17.3 Å². The molecule has 2 aromatic heterocycles. The van der Waals surface area contributed by atoms with Gasteiger partial charge in [0.05, 0.1) is 17.8 Å². The first kappa shape index (κ1) is 21.3. The van der Waals surface area contributed by atoms with Crippen LogP contribution in [-0.2, 0) is 4.79 Å². The molecule has 4 aromatic rings. The maximum atomic E-state index is 13.4. The highest BCUT2D eigenvalue weighted by atomic mass is 19.1. The van der Waals surface area contributed by atoms with E-state index in [2.05, 4.69) is 16.0 Å². The Labute approximate surface area is 195 Å². The van der Waals surface area contributed by atoms with Crippen molar-refractivity contribution in [3.63, 3.8) is 0 Å². The van der Waals surface area contributed by atoms with Crippen molar-refractivity contribution in [2.24, 2.45) is 0 Å². The molecule has 1 amide bonds. The number of hydrogen-bond donors (Lipinski definition) is 0. The van der Waals surface area contributed by atoms with Gasteiger partial charge in [0, 0.05) is 30.7 Å². The summed E-state index contributed by atoms with van der Waals surface area (Å²) in [6.45, 7) is 1.94. The van der Waals surface area contributed by atoms with Crippen LogP contribution in [0.1, 0.15) is 18.9 Å². The van der Waals surface area contributed by atoms with E-state index in [4.69, 9.17) is 4.98 Å². The first-order valence-corrected chi connectivity index (χ1v) is 10.8. The average Bonchev–Trinajstić information content (AvgIpc) is 3.36. The van der Waals surface area contributed by atoms with Gasteiger partial charge >= 0.3 is 0 Å². The van der Waals surface area contributed by atoms with E-state index >= 15 is 0 Å². The number of nitriles is 1. The highest BCUT2D eigenvalue weighted by Crippen LogP contribution is 2.40. The summed E-state index contributed by atoms with van der Waals surface area (Å²) in [4.78, 5) is 30.3. The normalized spacial score (nSPS) is 15.2. The monoisotopic (exact) mass is 453 g/mol. The molecule has 0 fully saturated rings. The third kappa shape index (κ3) is 3.46. The van der Waals surface area contributed by atoms with Crippen molar-refractivity contribution < 1.29 is 9.18 Å². The lowest BCUT2D eigenvalue weighted by Crippen LogP contribution is -2.50. The van der Waals surface area contributed by atoms with E-state index in [0.717, 1.165) is 0 Å². The van der Waals surface area contributed by atoms with Gasteiger partial charge in [0.25, 0.3) is 0 Å². The van der Waals surface area contributed by atoms with E-state index in [-0.39, 0.29) is 11.7 Å². The maximum absolute atomic E-state index is 13.4. The number of halogens is 1. The third-order valence-corrected chi connectivity index (χ3v) is 5.85. The average molecular weight is 453 g/mol. The molecule has 1 aliphatic rings. The zero-order valence-corrected chi connectivity index (χ0v) is 18.6.